The van der Waals surface area contributed by atoms with E-state index in [0.717, 1.165) is 28.2 Å². The van der Waals surface area contributed by atoms with Crippen LogP contribution in [0.3, 0.4) is 0 Å². The molecule has 0 saturated carbocycles. The van der Waals surface area contributed by atoms with E-state index in [4.69, 9.17) is 18.9 Å². The lowest BCUT2D eigenvalue weighted by Crippen LogP contribution is -2.51. The summed E-state index contributed by atoms with van der Waals surface area (Å²) in [5.74, 6) is 1.12. The van der Waals surface area contributed by atoms with Gasteiger partial charge in [0.2, 0.25) is 0 Å². The van der Waals surface area contributed by atoms with Crippen LogP contribution in [0.1, 0.15) is 50.3 Å². The third kappa shape index (κ3) is 5.09. The molecule has 7 nitrogen and oxygen atoms in total. The van der Waals surface area contributed by atoms with Crippen molar-refractivity contribution in [2.45, 2.75) is 75.7 Å². The van der Waals surface area contributed by atoms with Gasteiger partial charge in [-0.2, -0.15) is 0 Å². The molecule has 0 aliphatic carbocycles. The number of ether oxygens (including phenoxy) is 4. The predicted octanol–water partition coefficient (Wildman–Crippen LogP) is 4.93. The first kappa shape index (κ1) is 28.1. The zero-order chi connectivity index (χ0) is 28.4. The summed E-state index contributed by atoms with van der Waals surface area (Å²) < 4.78 is 24.4. The van der Waals surface area contributed by atoms with E-state index in [0.29, 0.717) is 12.8 Å². The molecular weight excluding hydrogens is 506 g/mol. The maximum atomic E-state index is 12.4. The van der Waals surface area contributed by atoms with Crippen molar-refractivity contribution in [3.63, 3.8) is 0 Å². The molecule has 1 N–H and O–H groups in total. The standard InChI is InChI=1S/C33H39NO6/c1-21(2)34-29-19-26(36)20-30(34)32(31(29)39-22(3)35)40-33(23-9-7-6-8-10-23,24-11-15-27(37-4)16-12-24)25-13-17-28(38-5)18-14-25/h6-18,21,26,29-32,36H,19-20H2,1-5H3/t26?,29-,30+,31-,32+/m0/s1. The predicted molar refractivity (Wildman–Crippen MR) is 153 cm³/mol. The van der Waals surface area contributed by atoms with E-state index in [1.165, 1.54) is 6.92 Å². The van der Waals surface area contributed by atoms with E-state index in [1.54, 1.807) is 14.2 Å². The lowest BCUT2D eigenvalue weighted by Gasteiger charge is -2.42. The Hall–Kier alpha value is -3.39. The smallest absolute Gasteiger partial charge is 0.303 e. The Morgan fingerprint density at radius 3 is 1.73 bits per heavy atom. The largest absolute Gasteiger partial charge is 0.497 e. The minimum atomic E-state index is -1.06. The quantitative estimate of drug-likeness (QED) is 0.302. The van der Waals surface area contributed by atoms with Crippen LogP contribution in [0, 0.1) is 0 Å². The minimum absolute atomic E-state index is 0.141. The molecule has 2 fully saturated rings. The Morgan fingerprint density at radius 1 is 0.800 bits per heavy atom. The number of aliphatic hydroxyl groups excluding tert-OH is 1. The van der Waals surface area contributed by atoms with Gasteiger partial charge in [0.05, 0.1) is 26.4 Å². The molecule has 0 radical (unpaired) electrons. The van der Waals surface area contributed by atoms with Crippen LogP contribution in [0.5, 0.6) is 11.5 Å². The number of benzene rings is 3. The van der Waals surface area contributed by atoms with Crippen LogP contribution in [0.4, 0.5) is 0 Å². The van der Waals surface area contributed by atoms with Gasteiger partial charge in [-0.1, -0.05) is 54.6 Å². The van der Waals surface area contributed by atoms with Crippen molar-refractivity contribution in [3.8, 4) is 11.5 Å². The van der Waals surface area contributed by atoms with Crippen LogP contribution < -0.4 is 9.47 Å². The Morgan fingerprint density at radius 2 is 1.27 bits per heavy atom. The fraction of sp³-hybridized carbons (Fsp3) is 0.424. The lowest BCUT2D eigenvalue weighted by atomic mass is 9.79. The van der Waals surface area contributed by atoms with Crippen molar-refractivity contribution in [3.05, 3.63) is 95.6 Å². The molecule has 0 spiro atoms. The van der Waals surface area contributed by atoms with E-state index in [9.17, 15) is 9.90 Å². The van der Waals surface area contributed by atoms with Gasteiger partial charge in [-0.3, -0.25) is 9.69 Å². The molecule has 2 aliphatic rings. The highest BCUT2D eigenvalue weighted by atomic mass is 16.6. The molecule has 2 saturated heterocycles. The molecule has 2 heterocycles. The molecule has 3 aromatic rings. The van der Waals surface area contributed by atoms with Crippen molar-refractivity contribution < 1.29 is 28.8 Å². The molecule has 2 bridgehead atoms. The highest BCUT2D eigenvalue weighted by Crippen LogP contribution is 2.48. The van der Waals surface area contributed by atoms with E-state index >= 15 is 0 Å². The highest BCUT2D eigenvalue weighted by Gasteiger charge is 2.58. The summed E-state index contributed by atoms with van der Waals surface area (Å²) in [5.41, 5.74) is 1.69. The van der Waals surface area contributed by atoms with Gasteiger partial charge in [-0.05, 0) is 67.6 Å². The van der Waals surface area contributed by atoms with E-state index in [-0.39, 0.29) is 24.1 Å². The van der Waals surface area contributed by atoms with Gasteiger partial charge in [0.1, 0.15) is 29.3 Å². The van der Waals surface area contributed by atoms with Crippen molar-refractivity contribution in [2.24, 2.45) is 0 Å². The molecule has 3 aromatic carbocycles. The summed E-state index contributed by atoms with van der Waals surface area (Å²) in [7, 11) is 3.29. The van der Waals surface area contributed by atoms with Crippen molar-refractivity contribution in [1.29, 1.82) is 0 Å². The summed E-state index contributed by atoms with van der Waals surface area (Å²) in [6.45, 7) is 5.72. The topological polar surface area (TPSA) is 77.5 Å². The molecule has 212 valence electrons. The van der Waals surface area contributed by atoms with Gasteiger partial charge in [-0.15, -0.1) is 0 Å². The second-order valence-corrected chi connectivity index (χ2v) is 11.0. The van der Waals surface area contributed by atoms with Gasteiger partial charge in [-0.25, -0.2) is 0 Å². The Kier molecular flexibility index (Phi) is 8.17. The number of rotatable bonds is 9. The Bertz CT molecular complexity index is 1230. The fourth-order valence-electron chi connectivity index (χ4n) is 6.67. The molecule has 5 atom stereocenters. The van der Waals surface area contributed by atoms with E-state index in [1.807, 2.05) is 66.7 Å². The van der Waals surface area contributed by atoms with Gasteiger partial charge in [0.25, 0.3) is 0 Å². The molecule has 0 amide bonds. The molecular formula is C33H39NO6. The number of carbonyl (C=O) groups is 1. The van der Waals surface area contributed by atoms with Gasteiger partial charge in [0.15, 0.2) is 0 Å². The van der Waals surface area contributed by atoms with Gasteiger partial charge in [0, 0.05) is 19.0 Å². The van der Waals surface area contributed by atoms with Crippen LogP contribution in [0.15, 0.2) is 78.9 Å². The Labute approximate surface area is 236 Å². The van der Waals surface area contributed by atoms with Crippen LogP contribution >= 0.6 is 0 Å². The summed E-state index contributed by atoms with van der Waals surface area (Å²) in [5, 5.41) is 10.9. The van der Waals surface area contributed by atoms with Gasteiger partial charge < -0.3 is 24.1 Å². The number of fused-ring (bicyclic) bond motifs is 2. The number of methoxy groups -OCH3 is 2. The third-order valence-corrected chi connectivity index (χ3v) is 8.26. The SMILES string of the molecule is COc1ccc(C(O[C@H]2[C@@H](OC(C)=O)[C@@H]3CC(O)C[C@H]2N3C(C)C)(c2ccccc2)c2ccc(OC)cc2)cc1. The van der Waals surface area contributed by atoms with Gasteiger partial charge >= 0.3 is 5.97 Å². The van der Waals surface area contributed by atoms with Crippen LogP contribution in [-0.4, -0.2) is 66.6 Å². The van der Waals surface area contributed by atoms with E-state index in [2.05, 4.69) is 30.9 Å². The van der Waals surface area contributed by atoms with Crippen LogP contribution in [0.25, 0.3) is 0 Å². The van der Waals surface area contributed by atoms with Crippen molar-refractivity contribution >= 4 is 5.97 Å². The fourth-order valence-corrected chi connectivity index (χ4v) is 6.67. The van der Waals surface area contributed by atoms with Crippen LogP contribution in [0.2, 0.25) is 0 Å². The maximum absolute atomic E-state index is 12.4. The van der Waals surface area contributed by atoms with E-state index < -0.39 is 23.9 Å². The molecule has 0 aromatic heterocycles. The number of esters is 1. The average molecular weight is 546 g/mol. The molecule has 5 rings (SSSR count). The lowest BCUT2D eigenvalue weighted by molar-refractivity contribution is -0.160. The molecule has 1 unspecified atom stereocenters. The normalized spacial score (nSPS) is 24.6. The monoisotopic (exact) mass is 545 g/mol. The second kappa shape index (κ2) is 11.6. The number of hydrogen-bond acceptors (Lipinski definition) is 7. The zero-order valence-electron chi connectivity index (χ0n) is 23.8. The molecule has 7 heteroatoms. The molecule has 2 aliphatic heterocycles. The summed E-state index contributed by atoms with van der Waals surface area (Å²) in [6, 6.07) is 25.8. The second-order valence-electron chi connectivity index (χ2n) is 11.0. The van der Waals surface area contributed by atoms with Crippen molar-refractivity contribution in [1.82, 2.24) is 4.90 Å². The third-order valence-electron chi connectivity index (χ3n) is 8.26. The zero-order valence-corrected chi connectivity index (χ0v) is 23.8. The minimum Gasteiger partial charge on any atom is -0.497 e. The molecule has 40 heavy (non-hydrogen) atoms. The van der Waals surface area contributed by atoms with Crippen molar-refractivity contribution in [2.75, 3.05) is 14.2 Å². The number of carbonyl (C=O) groups excluding carboxylic acids is 1. The number of piperidine rings is 1. The Balaban J connectivity index is 1.73. The number of nitrogens with zero attached hydrogens (tertiary/aromatic N) is 1. The average Bonchev–Trinajstić information content (AvgIpc) is 3.15. The maximum Gasteiger partial charge on any atom is 0.303 e. The first-order chi connectivity index (χ1) is 19.3. The first-order valence-corrected chi connectivity index (χ1v) is 13.9. The summed E-state index contributed by atoms with van der Waals surface area (Å²) in [6.07, 6.45) is -0.479. The first-order valence-electron chi connectivity index (χ1n) is 13.9. The summed E-state index contributed by atoms with van der Waals surface area (Å²) >= 11 is 0. The number of hydrogen-bond donors (Lipinski definition) is 1. The van der Waals surface area contributed by atoms with Crippen LogP contribution in [-0.2, 0) is 19.9 Å². The highest BCUT2D eigenvalue weighted by molar-refractivity contribution is 5.66. The number of aliphatic hydroxyl groups is 1. The summed E-state index contributed by atoms with van der Waals surface area (Å²) in [4.78, 5) is 14.8.